The molecule has 2 aliphatic carbocycles. The molecule has 6 nitrogen and oxygen atoms in total. The number of rotatable bonds is 5. The smallest absolute Gasteiger partial charge is 0.213 e. The van der Waals surface area contributed by atoms with Gasteiger partial charge in [0.2, 0.25) is 4.96 Å². The zero-order chi connectivity index (χ0) is 23.6. The van der Waals surface area contributed by atoms with Gasteiger partial charge in [-0.05, 0) is 62.5 Å². The number of allylic oxidation sites excluding steroid dienone is 4. The molecule has 1 fully saturated rings. The Morgan fingerprint density at radius 1 is 1.25 bits per heavy atom. The standard InChI is InChI=1S/C25H35N3O3S/c1-14-19(28-22(26-14)32-21(27-28)24(5,6)30)15-9-10-18(31-8)17(11-15)20(29)16-12-25(7,13-16)23(2,3)4/h11,16,30H,9-10,12-13H2,1-8H3/t16-,25-. The number of nitrogens with zero attached hydrogens (tertiary/aromatic N) is 3. The fourth-order valence-corrected chi connectivity index (χ4v) is 5.77. The Kier molecular flexibility index (Phi) is 5.45. The Morgan fingerprint density at radius 3 is 2.47 bits per heavy atom. The van der Waals surface area contributed by atoms with Crippen molar-refractivity contribution in [1.82, 2.24) is 14.6 Å². The van der Waals surface area contributed by atoms with Crippen LogP contribution in [0.3, 0.4) is 0 Å². The fourth-order valence-electron chi connectivity index (χ4n) is 4.83. The van der Waals surface area contributed by atoms with Crippen molar-refractivity contribution in [3.05, 3.63) is 33.8 Å². The van der Waals surface area contributed by atoms with E-state index < -0.39 is 5.60 Å². The molecule has 4 rings (SSSR count). The Balaban J connectivity index is 1.69. The van der Waals surface area contributed by atoms with Crippen molar-refractivity contribution < 1.29 is 14.6 Å². The summed E-state index contributed by atoms with van der Waals surface area (Å²) in [5.41, 5.74) is 2.89. The number of hydrogen-bond acceptors (Lipinski definition) is 6. The first kappa shape index (κ1) is 23.2. The number of ketones is 1. The van der Waals surface area contributed by atoms with Crippen LogP contribution in [0, 0.1) is 23.7 Å². The molecule has 0 spiro atoms. The molecule has 32 heavy (non-hydrogen) atoms. The lowest BCUT2D eigenvalue weighted by Crippen LogP contribution is -2.47. The third-order valence-electron chi connectivity index (χ3n) is 7.53. The number of aryl methyl sites for hydroxylation is 1. The highest BCUT2D eigenvalue weighted by Crippen LogP contribution is 2.57. The van der Waals surface area contributed by atoms with Crippen molar-refractivity contribution in [3.63, 3.8) is 0 Å². The van der Waals surface area contributed by atoms with E-state index in [4.69, 9.17) is 4.74 Å². The van der Waals surface area contributed by atoms with Gasteiger partial charge in [0.25, 0.3) is 0 Å². The molecule has 0 bridgehead atoms. The third-order valence-corrected chi connectivity index (χ3v) is 8.75. The number of Topliss-reactive ketones (excluding diaryl/α,β-unsaturated/α-hetero) is 1. The van der Waals surface area contributed by atoms with Crippen LogP contribution in [0.15, 0.2) is 17.4 Å². The fraction of sp³-hybridized carbons (Fsp3) is 0.640. The first-order valence-corrected chi connectivity index (χ1v) is 12.2. The van der Waals surface area contributed by atoms with E-state index in [-0.39, 0.29) is 22.5 Å². The van der Waals surface area contributed by atoms with E-state index in [1.54, 1.807) is 21.0 Å². The van der Waals surface area contributed by atoms with E-state index in [0.29, 0.717) is 17.0 Å². The number of hydrogen-bond donors (Lipinski definition) is 1. The molecule has 2 aliphatic rings. The lowest BCUT2D eigenvalue weighted by atomic mass is 9.51. The molecule has 0 unspecified atom stereocenters. The maximum atomic E-state index is 13.5. The molecule has 2 heterocycles. The van der Waals surface area contributed by atoms with Gasteiger partial charge in [-0.1, -0.05) is 39.0 Å². The predicted octanol–water partition coefficient (Wildman–Crippen LogP) is 5.44. The molecule has 0 radical (unpaired) electrons. The maximum Gasteiger partial charge on any atom is 0.213 e. The summed E-state index contributed by atoms with van der Waals surface area (Å²) in [6, 6.07) is 0. The van der Waals surface area contributed by atoms with Gasteiger partial charge in [-0.15, -0.1) is 0 Å². The van der Waals surface area contributed by atoms with E-state index >= 15 is 0 Å². The summed E-state index contributed by atoms with van der Waals surface area (Å²) in [5, 5.41) is 15.6. The van der Waals surface area contributed by atoms with Gasteiger partial charge < -0.3 is 9.84 Å². The molecule has 0 aliphatic heterocycles. The van der Waals surface area contributed by atoms with Crippen molar-refractivity contribution in [1.29, 1.82) is 0 Å². The topological polar surface area (TPSA) is 76.7 Å². The van der Waals surface area contributed by atoms with Gasteiger partial charge >= 0.3 is 0 Å². The minimum atomic E-state index is -1.02. The molecule has 0 saturated heterocycles. The molecule has 7 heteroatoms. The van der Waals surface area contributed by atoms with Crippen LogP contribution in [-0.4, -0.2) is 32.6 Å². The van der Waals surface area contributed by atoms with Crippen LogP contribution < -0.4 is 0 Å². The van der Waals surface area contributed by atoms with Crippen LogP contribution in [0.2, 0.25) is 0 Å². The molecular weight excluding hydrogens is 422 g/mol. The zero-order valence-corrected chi connectivity index (χ0v) is 21.3. The minimum absolute atomic E-state index is 0.0441. The summed E-state index contributed by atoms with van der Waals surface area (Å²) in [6.45, 7) is 14.5. The molecule has 1 N–H and O–H groups in total. The van der Waals surface area contributed by atoms with Crippen molar-refractivity contribution in [2.45, 2.75) is 79.8 Å². The largest absolute Gasteiger partial charge is 0.500 e. The number of carbonyl (C=O) groups is 1. The highest BCUT2D eigenvalue weighted by molar-refractivity contribution is 7.16. The first-order valence-electron chi connectivity index (χ1n) is 11.4. The van der Waals surface area contributed by atoms with Gasteiger partial charge in [0.1, 0.15) is 16.4 Å². The maximum absolute atomic E-state index is 13.5. The molecule has 0 aromatic carbocycles. The van der Waals surface area contributed by atoms with E-state index in [1.807, 2.05) is 17.5 Å². The van der Waals surface area contributed by atoms with Gasteiger partial charge in [0, 0.05) is 12.3 Å². The minimum Gasteiger partial charge on any atom is -0.500 e. The Morgan fingerprint density at radius 2 is 1.91 bits per heavy atom. The summed E-state index contributed by atoms with van der Waals surface area (Å²) in [5.74, 6) is 1.01. The Hall–Kier alpha value is -1.99. The van der Waals surface area contributed by atoms with Crippen molar-refractivity contribution in [2.24, 2.45) is 16.7 Å². The molecule has 1 saturated carbocycles. The highest BCUT2D eigenvalue weighted by Gasteiger charge is 2.51. The summed E-state index contributed by atoms with van der Waals surface area (Å²) in [7, 11) is 1.65. The number of carbonyl (C=O) groups excluding carboxylic acids is 1. The number of aromatic nitrogens is 3. The van der Waals surface area contributed by atoms with Gasteiger partial charge in [-0.2, -0.15) is 5.10 Å². The number of imidazole rings is 1. The Labute approximate surface area is 194 Å². The van der Waals surface area contributed by atoms with Crippen molar-refractivity contribution in [2.75, 3.05) is 7.11 Å². The number of ether oxygens (including phenoxy) is 1. The Bertz CT molecular complexity index is 1130. The van der Waals surface area contributed by atoms with E-state index in [1.165, 1.54) is 11.3 Å². The summed E-state index contributed by atoms with van der Waals surface area (Å²) in [6.07, 6.45) is 5.26. The average molecular weight is 458 g/mol. The number of methoxy groups -OCH3 is 1. The van der Waals surface area contributed by atoms with E-state index in [9.17, 15) is 9.90 Å². The van der Waals surface area contributed by atoms with Crippen molar-refractivity contribution in [3.8, 4) is 0 Å². The third kappa shape index (κ3) is 3.73. The number of aliphatic hydroxyl groups is 1. The predicted molar refractivity (Wildman–Crippen MR) is 127 cm³/mol. The summed E-state index contributed by atoms with van der Waals surface area (Å²) < 4.78 is 7.46. The molecule has 0 amide bonds. The molecular formula is C25H35N3O3S. The van der Waals surface area contributed by atoms with Gasteiger partial charge in [-0.3, -0.25) is 4.79 Å². The normalized spacial score (nSPS) is 24.5. The lowest BCUT2D eigenvalue weighted by molar-refractivity contribution is -0.130. The van der Waals surface area contributed by atoms with E-state index in [0.717, 1.165) is 46.9 Å². The second-order valence-corrected chi connectivity index (χ2v) is 12.2. The van der Waals surface area contributed by atoms with Crippen LogP contribution in [0.5, 0.6) is 0 Å². The monoisotopic (exact) mass is 457 g/mol. The van der Waals surface area contributed by atoms with Gasteiger partial charge in [0.15, 0.2) is 5.78 Å². The van der Waals surface area contributed by atoms with Gasteiger partial charge in [-0.25, -0.2) is 9.50 Å². The molecule has 174 valence electrons. The second-order valence-electron chi connectivity index (χ2n) is 11.2. The van der Waals surface area contributed by atoms with Crippen LogP contribution in [0.1, 0.15) is 83.6 Å². The average Bonchev–Trinajstić information content (AvgIpc) is 3.20. The SMILES string of the molecule is COC1=C(C(=O)[C@H]2C[C@](C)(C(C)(C)C)C2)C=C(c2c(C)nc3sc(C(C)(C)O)nn23)CC1. The van der Waals surface area contributed by atoms with Crippen LogP contribution in [0.4, 0.5) is 0 Å². The molecule has 2 aromatic rings. The van der Waals surface area contributed by atoms with E-state index in [2.05, 4.69) is 37.8 Å². The molecule has 2 aromatic heterocycles. The summed E-state index contributed by atoms with van der Waals surface area (Å²) >= 11 is 1.39. The van der Waals surface area contributed by atoms with Gasteiger partial charge in [0.05, 0.1) is 24.1 Å². The zero-order valence-electron chi connectivity index (χ0n) is 20.5. The van der Waals surface area contributed by atoms with Crippen LogP contribution in [-0.2, 0) is 15.1 Å². The quantitative estimate of drug-likeness (QED) is 0.647. The number of fused-ring (bicyclic) bond motifs is 1. The highest BCUT2D eigenvalue weighted by atomic mass is 32.1. The van der Waals surface area contributed by atoms with Crippen LogP contribution in [0.25, 0.3) is 10.5 Å². The molecule has 0 atom stereocenters. The summed E-state index contributed by atoms with van der Waals surface area (Å²) in [4.78, 5) is 18.9. The first-order chi connectivity index (χ1) is 14.7. The van der Waals surface area contributed by atoms with Crippen molar-refractivity contribution >= 4 is 27.7 Å². The lowest BCUT2D eigenvalue weighted by Gasteiger charge is -2.53. The van der Waals surface area contributed by atoms with Crippen LogP contribution >= 0.6 is 11.3 Å². The second kappa shape index (κ2) is 7.52.